The van der Waals surface area contributed by atoms with Crippen LogP contribution in [0.25, 0.3) is 0 Å². The van der Waals surface area contributed by atoms with E-state index in [1.54, 1.807) is 0 Å². The van der Waals surface area contributed by atoms with E-state index in [9.17, 15) is 4.79 Å². The largest absolute Gasteiger partial charge is 0.481 e. The van der Waals surface area contributed by atoms with Gasteiger partial charge < -0.3 is 10.2 Å². The zero-order valence-corrected chi connectivity index (χ0v) is 6.71. The van der Waals surface area contributed by atoms with Crippen molar-refractivity contribution in [1.82, 2.24) is 0 Å². The molecule has 0 atom stereocenters. The van der Waals surface area contributed by atoms with Crippen LogP contribution in [0.15, 0.2) is 11.6 Å². The fourth-order valence-corrected chi connectivity index (χ4v) is 0.720. The zero-order chi connectivity index (χ0) is 8.69. The van der Waals surface area contributed by atoms with E-state index in [0.717, 1.165) is 5.57 Å². The number of allylic oxidation sites excluding steroid dienone is 1. The van der Waals surface area contributed by atoms with Crippen molar-refractivity contribution in [1.29, 1.82) is 0 Å². The fraction of sp³-hybridized carbons (Fsp3) is 0.625. The van der Waals surface area contributed by atoms with Gasteiger partial charge >= 0.3 is 5.97 Å². The van der Waals surface area contributed by atoms with Crippen molar-refractivity contribution in [2.45, 2.75) is 26.2 Å². The smallest absolute Gasteiger partial charge is 0.303 e. The molecule has 0 saturated heterocycles. The first-order valence-corrected chi connectivity index (χ1v) is 3.65. The molecular formula is C8H14O3. The van der Waals surface area contributed by atoms with Crippen molar-refractivity contribution in [3.05, 3.63) is 11.6 Å². The molecule has 0 unspecified atom stereocenters. The minimum Gasteiger partial charge on any atom is -0.481 e. The monoisotopic (exact) mass is 158 g/mol. The molecule has 0 radical (unpaired) electrons. The molecule has 0 aliphatic rings. The third-order valence-corrected chi connectivity index (χ3v) is 1.36. The maximum atomic E-state index is 10.1. The van der Waals surface area contributed by atoms with Crippen molar-refractivity contribution in [3.63, 3.8) is 0 Å². The number of aliphatic carboxylic acids is 1. The molecule has 0 aromatic carbocycles. The second-order valence-corrected chi connectivity index (χ2v) is 2.46. The van der Waals surface area contributed by atoms with Crippen LogP contribution < -0.4 is 0 Å². The molecule has 0 rings (SSSR count). The summed E-state index contributed by atoms with van der Waals surface area (Å²) in [5, 5.41) is 16.8. The highest BCUT2D eigenvalue weighted by molar-refractivity contribution is 5.66. The summed E-state index contributed by atoms with van der Waals surface area (Å²) in [6.45, 7) is 2.02. The van der Waals surface area contributed by atoms with Gasteiger partial charge in [-0.15, -0.1) is 0 Å². The quantitative estimate of drug-likeness (QED) is 0.591. The molecule has 11 heavy (non-hydrogen) atoms. The van der Waals surface area contributed by atoms with Crippen LogP contribution in [0.4, 0.5) is 0 Å². The van der Waals surface area contributed by atoms with Gasteiger partial charge in [0, 0.05) is 13.0 Å². The Labute approximate surface area is 66.4 Å². The second kappa shape index (κ2) is 5.92. The van der Waals surface area contributed by atoms with E-state index in [1.807, 2.05) is 13.0 Å². The van der Waals surface area contributed by atoms with Gasteiger partial charge in [-0.05, 0) is 19.8 Å². The van der Waals surface area contributed by atoms with Crippen molar-refractivity contribution in [2.24, 2.45) is 0 Å². The molecular weight excluding hydrogens is 144 g/mol. The Balaban J connectivity index is 3.47. The van der Waals surface area contributed by atoms with E-state index < -0.39 is 5.97 Å². The summed E-state index contributed by atoms with van der Waals surface area (Å²) < 4.78 is 0. The van der Waals surface area contributed by atoms with E-state index in [2.05, 4.69) is 0 Å². The van der Waals surface area contributed by atoms with Gasteiger partial charge in [0.25, 0.3) is 0 Å². The summed E-state index contributed by atoms with van der Waals surface area (Å²) in [5.41, 5.74) is 1.05. The average molecular weight is 158 g/mol. The molecule has 64 valence electrons. The number of rotatable bonds is 5. The van der Waals surface area contributed by atoms with Crippen molar-refractivity contribution in [3.8, 4) is 0 Å². The standard InChI is InChI=1S/C8H14O3/c1-7(5-6-9)3-2-4-8(10)11/h3,9H,2,4-6H2,1H3,(H,10,11)/b7-3-. The van der Waals surface area contributed by atoms with E-state index in [4.69, 9.17) is 10.2 Å². The van der Waals surface area contributed by atoms with Crippen LogP contribution in [0.3, 0.4) is 0 Å². The Bertz CT molecular complexity index is 149. The zero-order valence-electron chi connectivity index (χ0n) is 6.71. The Hall–Kier alpha value is -0.830. The van der Waals surface area contributed by atoms with Crippen LogP contribution in [0.5, 0.6) is 0 Å². The van der Waals surface area contributed by atoms with E-state index in [0.29, 0.717) is 12.8 Å². The van der Waals surface area contributed by atoms with Gasteiger partial charge in [-0.2, -0.15) is 0 Å². The number of aliphatic hydroxyl groups excluding tert-OH is 1. The SMILES string of the molecule is C/C(=C/CCC(=O)O)CCO. The average Bonchev–Trinajstić information content (AvgIpc) is 1.87. The molecule has 0 amide bonds. The number of carbonyl (C=O) groups is 1. The topological polar surface area (TPSA) is 57.5 Å². The number of carboxylic acid groups (broad SMARTS) is 1. The van der Waals surface area contributed by atoms with Gasteiger partial charge in [0.1, 0.15) is 0 Å². The van der Waals surface area contributed by atoms with Crippen molar-refractivity contribution >= 4 is 5.97 Å². The lowest BCUT2D eigenvalue weighted by molar-refractivity contribution is -0.136. The lowest BCUT2D eigenvalue weighted by Crippen LogP contribution is -1.92. The highest BCUT2D eigenvalue weighted by Gasteiger charge is 1.93. The van der Waals surface area contributed by atoms with E-state index in [1.165, 1.54) is 0 Å². The minimum atomic E-state index is -0.780. The highest BCUT2D eigenvalue weighted by atomic mass is 16.4. The normalized spacial score (nSPS) is 11.6. The second-order valence-electron chi connectivity index (χ2n) is 2.46. The van der Waals surface area contributed by atoms with Crippen LogP contribution >= 0.6 is 0 Å². The molecule has 0 heterocycles. The Morgan fingerprint density at radius 2 is 2.09 bits per heavy atom. The molecule has 0 spiro atoms. The summed E-state index contributed by atoms with van der Waals surface area (Å²) in [6, 6.07) is 0. The number of aliphatic hydroxyl groups is 1. The maximum Gasteiger partial charge on any atom is 0.303 e. The van der Waals surface area contributed by atoms with Gasteiger partial charge in [-0.25, -0.2) is 0 Å². The Kier molecular flexibility index (Phi) is 5.47. The molecule has 0 aromatic rings. The third kappa shape index (κ3) is 7.06. The molecule has 0 aromatic heterocycles. The molecule has 0 aliphatic carbocycles. The molecule has 0 saturated carbocycles. The lowest BCUT2D eigenvalue weighted by atomic mass is 10.1. The summed E-state index contributed by atoms with van der Waals surface area (Å²) in [7, 11) is 0. The van der Waals surface area contributed by atoms with Gasteiger partial charge in [0.15, 0.2) is 0 Å². The van der Waals surface area contributed by atoms with E-state index in [-0.39, 0.29) is 13.0 Å². The summed E-state index contributed by atoms with van der Waals surface area (Å²) in [4.78, 5) is 10.1. The highest BCUT2D eigenvalue weighted by Crippen LogP contribution is 2.01. The number of hydrogen-bond donors (Lipinski definition) is 2. The number of carboxylic acids is 1. The number of hydrogen-bond acceptors (Lipinski definition) is 2. The first-order valence-electron chi connectivity index (χ1n) is 3.65. The minimum absolute atomic E-state index is 0.134. The molecule has 0 bridgehead atoms. The molecule has 0 fully saturated rings. The van der Waals surface area contributed by atoms with Crippen LogP contribution in [0.2, 0.25) is 0 Å². The Morgan fingerprint density at radius 3 is 2.55 bits per heavy atom. The van der Waals surface area contributed by atoms with Gasteiger partial charge in [-0.3, -0.25) is 4.79 Å². The third-order valence-electron chi connectivity index (χ3n) is 1.36. The van der Waals surface area contributed by atoms with Gasteiger partial charge in [-0.1, -0.05) is 11.6 Å². The Morgan fingerprint density at radius 1 is 1.45 bits per heavy atom. The first kappa shape index (κ1) is 10.2. The maximum absolute atomic E-state index is 10.1. The fourth-order valence-electron chi connectivity index (χ4n) is 0.720. The lowest BCUT2D eigenvalue weighted by Gasteiger charge is -1.95. The summed E-state index contributed by atoms with van der Waals surface area (Å²) >= 11 is 0. The van der Waals surface area contributed by atoms with Crippen LogP contribution in [-0.4, -0.2) is 22.8 Å². The molecule has 0 aliphatic heterocycles. The van der Waals surface area contributed by atoms with Crippen LogP contribution in [0, 0.1) is 0 Å². The first-order chi connectivity index (χ1) is 5.16. The van der Waals surface area contributed by atoms with Crippen LogP contribution in [0.1, 0.15) is 26.2 Å². The predicted octanol–water partition coefficient (Wildman–Crippen LogP) is 1.18. The van der Waals surface area contributed by atoms with Crippen LogP contribution in [-0.2, 0) is 4.79 Å². The predicted molar refractivity (Wildman–Crippen MR) is 42.3 cm³/mol. The van der Waals surface area contributed by atoms with E-state index >= 15 is 0 Å². The van der Waals surface area contributed by atoms with Crippen molar-refractivity contribution in [2.75, 3.05) is 6.61 Å². The van der Waals surface area contributed by atoms with Gasteiger partial charge in [0.05, 0.1) is 0 Å². The summed E-state index contributed by atoms with van der Waals surface area (Å²) in [5.74, 6) is -0.780. The van der Waals surface area contributed by atoms with Gasteiger partial charge in [0.2, 0.25) is 0 Å². The summed E-state index contributed by atoms with van der Waals surface area (Å²) in [6.07, 6.45) is 3.22. The molecule has 3 nitrogen and oxygen atoms in total. The molecule has 3 heteroatoms. The van der Waals surface area contributed by atoms with Crippen molar-refractivity contribution < 1.29 is 15.0 Å². The molecule has 2 N–H and O–H groups in total.